The number of rotatable bonds is 4. The van der Waals surface area contributed by atoms with Crippen LogP contribution in [0.5, 0.6) is 0 Å². The first-order chi connectivity index (χ1) is 11.5. The van der Waals surface area contributed by atoms with Crippen LogP contribution < -0.4 is 5.32 Å². The molecule has 1 aromatic carbocycles. The lowest BCUT2D eigenvalue weighted by Crippen LogP contribution is -2.22. The molecule has 4 rings (SSSR count). The smallest absolute Gasteiger partial charge is 0.251 e. The second-order valence-corrected chi connectivity index (χ2v) is 7.53. The monoisotopic (exact) mass is 339 g/mol. The van der Waals surface area contributed by atoms with E-state index in [9.17, 15) is 4.79 Å². The van der Waals surface area contributed by atoms with Gasteiger partial charge in [-0.25, -0.2) is 4.98 Å². The molecule has 4 nitrogen and oxygen atoms in total. The van der Waals surface area contributed by atoms with E-state index < -0.39 is 0 Å². The van der Waals surface area contributed by atoms with Crippen LogP contribution in [0, 0.1) is 13.8 Å². The largest absolute Gasteiger partial charge is 0.348 e. The van der Waals surface area contributed by atoms with Crippen LogP contribution in [0.2, 0.25) is 0 Å². The van der Waals surface area contributed by atoms with Crippen LogP contribution in [-0.2, 0) is 13.6 Å². The van der Waals surface area contributed by atoms with E-state index in [2.05, 4.69) is 41.1 Å². The van der Waals surface area contributed by atoms with Gasteiger partial charge in [-0.3, -0.25) is 4.79 Å². The highest BCUT2D eigenvalue weighted by molar-refractivity contribution is 7.09. The van der Waals surface area contributed by atoms with E-state index in [1.807, 2.05) is 18.2 Å². The molecule has 5 heteroatoms. The summed E-state index contributed by atoms with van der Waals surface area (Å²) in [5, 5.41) is 7.41. The fraction of sp³-hybridized carbons (Fsp3) is 0.368. The first kappa shape index (κ1) is 15.4. The normalized spacial score (nSPS) is 14.3. The topological polar surface area (TPSA) is 46.9 Å². The lowest BCUT2D eigenvalue weighted by Gasteiger charge is -2.05. The quantitative estimate of drug-likeness (QED) is 0.779. The van der Waals surface area contributed by atoms with E-state index in [4.69, 9.17) is 0 Å². The van der Waals surface area contributed by atoms with Gasteiger partial charge in [0.05, 0.1) is 17.2 Å². The second-order valence-electron chi connectivity index (χ2n) is 6.64. The number of nitrogens with one attached hydrogen (secondary N) is 1. The van der Waals surface area contributed by atoms with Gasteiger partial charge in [-0.1, -0.05) is 0 Å². The van der Waals surface area contributed by atoms with Crippen LogP contribution in [0.25, 0.3) is 10.9 Å². The Morgan fingerprint density at radius 2 is 2.17 bits per heavy atom. The molecule has 0 radical (unpaired) electrons. The van der Waals surface area contributed by atoms with Crippen LogP contribution in [0.15, 0.2) is 23.6 Å². The maximum atomic E-state index is 12.5. The predicted octanol–water partition coefficient (Wildman–Crippen LogP) is 4.06. The van der Waals surface area contributed by atoms with Crippen LogP contribution in [-0.4, -0.2) is 15.5 Å². The van der Waals surface area contributed by atoms with Gasteiger partial charge in [0.25, 0.3) is 5.91 Å². The summed E-state index contributed by atoms with van der Waals surface area (Å²) in [6.07, 6.45) is 2.52. The van der Waals surface area contributed by atoms with Crippen molar-refractivity contribution in [3.8, 4) is 0 Å². The van der Waals surface area contributed by atoms with Crippen molar-refractivity contribution in [2.75, 3.05) is 0 Å². The lowest BCUT2D eigenvalue weighted by atomic mass is 10.1. The van der Waals surface area contributed by atoms with Gasteiger partial charge in [0.1, 0.15) is 0 Å². The fourth-order valence-electron chi connectivity index (χ4n) is 3.09. The number of carbonyl (C=O) groups is 1. The number of nitrogens with zero attached hydrogens (tertiary/aromatic N) is 2. The van der Waals surface area contributed by atoms with E-state index in [0.29, 0.717) is 18.0 Å². The summed E-state index contributed by atoms with van der Waals surface area (Å²) in [7, 11) is 2.06. The van der Waals surface area contributed by atoms with E-state index in [1.165, 1.54) is 29.1 Å². The summed E-state index contributed by atoms with van der Waals surface area (Å²) in [6, 6.07) is 5.91. The Hall–Kier alpha value is -2.14. The van der Waals surface area contributed by atoms with E-state index in [-0.39, 0.29) is 5.91 Å². The molecule has 2 heterocycles. The van der Waals surface area contributed by atoms with Crippen LogP contribution in [0.4, 0.5) is 0 Å². The van der Waals surface area contributed by atoms with Crippen molar-refractivity contribution < 1.29 is 4.79 Å². The summed E-state index contributed by atoms with van der Waals surface area (Å²) in [6.45, 7) is 4.70. The summed E-state index contributed by atoms with van der Waals surface area (Å²) >= 11 is 1.71. The molecule has 0 saturated heterocycles. The molecular formula is C19H21N3OS. The minimum Gasteiger partial charge on any atom is -0.348 e. The molecule has 0 unspecified atom stereocenters. The molecule has 124 valence electrons. The molecule has 1 aliphatic carbocycles. The number of amides is 1. The zero-order valence-corrected chi connectivity index (χ0v) is 15.0. The predicted molar refractivity (Wildman–Crippen MR) is 97.7 cm³/mol. The molecule has 0 spiro atoms. The van der Waals surface area contributed by atoms with Crippen molar-refractivity contribution >= 4 is 28.1 Å². The van der Waals surface area contributed by atoms with Gasteiger partial charge in [-0.2, -0.15) is 0 Å². The number of carbonyl (C=O) groups excluding carboxylic acids is 1. The third-order valence-corrected chi connectivity index (χ3v) is 6.05. The number of hydrogen-bond donors (Lipinski definition) is 1. The van der Waals surface area contributed by atoms with E-state index in [1.54, 1.807) is 11.3 Å². The van der Waals surface area contributed by atoms with Gasteiger partial charge in [0.15, 0.2) is 0 Å². The van der Waals surface area contributed by atoms with Crippen molar-refractivity contribution in [3.63, 3.8) is 0 Å². The molecule has 2 aromatic heterocycles. The van der Waals surface area contributed by atoms with Crippen molar-refractivity contribution in [2.45, 2.75) is 39.2 Å². The van der Waals surface area contributed by atoms with Crippen molar-refractivity contribution in [3.05, 3.63) is 51.1 Å². The zero-order valence-electron chi connectivity index (χ0n) is 14.2. The maximum absolute atomic E-state index is 12.5. The first-order valence-corrected chi connectivity index (χ1v) is 9.20. The average Bonchev–Trinajstić information content (AvgIpc) is 3.30. The summed E-state index contributed by atoms with van der Waals surface area (Å²) < 4.78 is 2.17. The number of aromatic nitrogens is 2. The van der Waals surface area contributed by atoms with Crippen molar-refractivity contribution in [1.29, 1.82) is 0 Å². The highest BCUT2D eigenvalue weighted by Gasteiger charge is 2.26. The first-order valence-electron chi connectivity index (χ1n) is 8.32. The molecule has 0 atom stereocenters. The molecule has 24 heavy (non-hydrogen) atoms. The minimum atomic E-state index is -0.0428. The highest BCUT2D eigenvalue weighted by Crippen LogP contribution is 2.41. The van der Waals surface area contributed by atoms with Gasteiger partial charge >= 0.3 is 0 Å². The Labute approximate surface area is 145 Å². The van der Waals surface area contributed by atoms with Gasteiger partial charge in [0.2, 0.25) is 0 Å². The molecule has 0 aliphatic heterocycles. The molecule has 1 N–H and O–H groups in total. The highest BCUT2D eigenvalue weighted by atomic mass is 32.1. The Balaban J connectivity index is 1.51. The van der Waals surface area contributed by atoms with Gasteiger partial charge in [-0.05, 0) is 50.5 Å². The Bertz CT molecular complexity index is 934. The van der Waals surface area contributed by atoms with Crippen LogP contribution in [0.1, 0.15) is 51.1 Å². The summed E-state index contributed by atoms with van der Waals surface area (Å²) in [5.41, 5.74) is 5.29. The minimum absolute atomic E-state index is 0.0428. The number of thiazole rings is 1. The number of fused-ring (bicyclic) bond motifs is 1. The van der Waals surface area contributed by atoms with Crippen molar-refractivity contribution in [1.82, 2.24) is 14.9 Å². The standard InChI is InChI=1S/C19H21N3OS/c1-11-12(2)22(3)17-7-6-14(8-16(11)17)18(23)20-9-15-10-24-19(21-15)13-4-5-13/h6-8,10,13H,4-5,9H2,1-3H3,(H,20,23). The van der Waals surface area contributed by atoms with E-state index in [0.717, 1.165) is 16.6 Å². The summed E-state index contributed by atoms with van der Waals surface area (Å²) in [5.74, 6) is 0.630. The Morgan fingerprint density at radius 3 is 2.92 bits per heavy atom. The van der Waals surface area contributed by atoms with Gasteiger partial charge < -0.3 is 9.88 Å². The lowest BCUT2D eigenvalue weighted by molar-refractivity contribution is 0.0950. The third-order valence-electron chi connectivity index (χ3n) is 5.00. The molecule has 1 aliphatic rings. The SMILES string of the molecule is Cc1c(C)n(C)c2ccc(C(=O)NCc3csc(C4CC4)n3)cc12. The number of aryl methyl sites for hydroxylation is 2. The van der Waals surface area contributed by atoms with Gasteiger partial charge in [-0.15, -0.1) is 11.3 Å². The Morgan fingerprint density at radius 1 is 1.38 bits per heavy atom. The molecule has 3 aromatic rings. The molecule has 1 saturated carbocycles. The average molecular weight is 339 g/mol. The van der Waals surface area contributed by atoms with Crippen LogP contribution >= 0.6 is 11.3 Å². The molecular weight excluding hydrogens is 318 g/mol. The second kappa shape index (κ2) is 5.74. The van der Waals surface area contributed by atoms with Crippen LogP contribution in [0.3, 0.4) is 0 Å². The zero-order chi connectivity index (χ0) is 16.8. The van der Waals surface area contributed by atoms with Crippen molar-refractivity contribution in [2.24, 2.45) is 7.05 Å². The van der Waals surface area contributed by atoms with Gasteiger partial charge in [0, 0.05) is 40.5 Å². The molecule has 1 amide bonds. The fourth-order valence-corrected chi connectivity index (χ4v) is 4.08. The maximum Gasteiger partial charge on any atom is 0.251 e. The Kier molecular flexibility index (Phi) is 3.68. The molecule has 1 fully saturated rings. The number of benzene rings is 1. The third kappa shape index (κ3) is 2.63. The van der Waals surface area contributed by atoms with E-state index >= 15 is 0 Å². The molecule has 0 bridgehead atoms. The number of hydrogen-bond acceptors (Lipinski definition) is 3. The summed E-state index contributed by atoms with van der Waals surface area (Å²) in [4.78, 5) is 17.1.